The summed E-state index contributed by atoms with van der Waals surface area (Å²) in [4.78, 5) is 10.6. The number of benzene rings is 1. The van der Waals surface area contributed by atoms with E-state index >= 15 is 0 Å². The number of halogens is 1. The summed E-state index contributed by atoms with van der Waals surface area (Å²) < 4.78 is 10.4. The molecule has 3 nitrogen and oxygen atoms in total. The maximum Gasteiger partial charge on any atom is 0.162 e. The molecule has 0 amide bonds. The standard InChI is InChI=1S/C11H11ClO3/c1-14-10-4-3-9(8-13)7-11(10)15-6-2-5-12/h2-5,7-8H,6H2,1H3/b5-2+. The van der Waals surface area contributed by atoms with Crippen LogP contribution in [0.3, 0.4) is 0 Å². The lowest BCUT2D eigenvalue weighted by molar-refractivity contribution is 0.112. The molecule has 0 atom stereocenters. The predicted octanol–water partition coefficient (Wildman–Crippen LogP) is 2.64. The molecule has 0 spiro atoms. The van der Waals surface area contributed by atoms with Crippen LogP contribution in [-0.2, 0) is 0 Å². The molecule has 0 bridgehead atoms. The highest BCUT2D eigenvalue weighted by atomic mass is 35.5. The summed E-state index contributed by atoms with van der Waals surface area (Å²) in [5.41, 5.74) is 1.91. The van der Waals surface area contributed by atoms with Crippen molar-refractivity contribution in [3.05, 3.63) is 35.4 Å². The molecule has 0 aliphatic rings. The molecule has 15 heavy (non-hydrogen) atoms. The van der Waals surface area contributed by atoms with Crippen molar-refractivity contribution in [3.63, 3.8) is 0 Å². The van der Waals surface area contributed by atoms with Crippen LogP contribution in [0.5, 0.6) is 11.5 Å². The van der Waals surface area contributed by atoms with Gasteiger partial charge in [-0.3, -0.25) is 4.79 Å². The van der Waals surface area contributed by atoms with E-state index in [1.165, 1.54) is 5.54 Å². The molecule has 0 aliphatic heterocycles. The van der Waals surface area contributed by atoms with Crippen LogP contribution in [0.1, 0.15) is 10.4 Å². The van der Waals surface area contributed by atoms with Gasteiger partial charge in [0, 0.05) is 11.1 Å². The van der Waals surface area contributed by atoms with Crippen molar-refractivity contribution < 1.29 is 14.3 Å². The van der Waals surface area contributed by atoms with E-state index in [1.807, 2.05) is 0 Å². The summed E-state index contributed by atoms with van der Waals surface area (Å²) >= 11 is 5.35. The Morgan fingerprint density at radius 3 is 2.80 bits per heavy atom. The molecule has 0 aromatic heterocycles. The van der Waals surface area contributed by atoms with Gasteiger partial charge in [0.1, 0.15) is 12.9 Å². The second-order valence-corrected chi connectivity index (χ2v) is 2.95. The maximum absolute atomic E-state index is 10.6. The van der Waals surface area contributed by atoms with Crippen LogP contribution in [0, 0.1) is 0 Å². The maximum atomic E-state index is 10.6. The molecule has 4 heteroatoms. The molecule has 0 saturated heterocycles. The van der Waals surface area contributed by atoms with E-state index in [1.54, 1.807) is 31.4 Å². The van der Waals surface area contributed by atoms with Gasteiger partial charge in [0.25, 0.3) is 0 Å². The van der Waals surface area contributed by atoms with E-state index in [9.17, 15) is 4.79 Å². The second-order valence-electron chi connectivity index (χ2n) is 2.70. The molecule has 0 heterocycles. The first-order chi connectivity index (χ1) is 7.31. The molecule has 80 valence electrons. The molecule has 0 radical (unpaired) electrons. The summed E-state index contributed by atoms with van der Waals surface area (Å²) in [5.74, 6) is 1.11. The van der Waals surface area contributed by atoms with Crippen molar-refractivity contribution in [1.82, 2.24) is 0 Å². The fourth-order valence-corrected chi connectivity index (χ4v) is 1.13. The number of aldehydes is 1. The van der Waals surface area contributed by atoms with E-state index < -0.39 is 0 Å². The summed E-state index contributed by atoms with van der Waals surface area (Å²) in [5, 5.41) is 0. The zero-order chi connectivity index (χ0) is 11.1. The number of methoxy groups -OCH3 is 1. The van der Waals surface area contributed by atoms with Crippen LogP contribution in [0.2, 0.25) is 0 Å². The number of ether oxygens (including phenoxy) is 2. The summed E-state index contributed by atoms with van der Waals surface area (Å²) in [6.45, 7) is 0.335. The summed E-state index contributed by atoms with van der Waals surface area (Å²) in [6, 6.07) is 4.97. The molecule has 1 aromatic rings. The van der Waals surface area contributed by atoms with Crippen molar-refractivity contribution in [1.29, 1.82) is 0 Å². The Morgan fingerprint density at radius 2 is 2.20 bits per heavy atom. The lowest BCUT2D eigenvalue weighted by Crippen LogP contribution is -1.97. The van der Waals surface area contributed by atoms with Gasteiger partial charge in [-0.1, -0.05) is 11.6 Å². The van der Waals surface area contributed by atoms with Crippen molar-refractivity contribution in [3.8, 4) is 11.5 Å². The van der Waals surface area contributed by atoms with Crippen LogP contribution in [-0.4, -0.2) is 20.0 Å². The molecule has 1 aromatic carbocycles. The largest absolute Gasteiger partial charge is 0.493 e. The highest BCUT2D eigenvalue weighted by Gasteiger charge is 2.04. The normalized spacial score (nSPS) is 10.3. The first-order valence-corrected chi connectivity index (χ1v) is 4.76. The fraction of sp³-hybridized carbons (Fsp3) is 0.182. The second kappa shape index (κ2) is 6.09. The van der Waals surface area contributed by atoms with E-state index in [-0.39, 0.29) is 0 Å². The molecular formula is C11H11ClO3. The van der Waals surface area contributed by atoms with Gasteiger partial charge in [-0.15, -0.1) is 0 Å². The van der Waals surface area contributed by atoms with E-state index in [4.69, 9.17) is 21.1 Å². The van der Waals surface area contributed by atoms with Gasteiger partial charge in [-0.25, -0.2) is 0 Å². The Bertz CT molecular complexity index is 361. The summed E-state index contributed by atoms with van der Waals surface area (Å²) in [7, 11) is 1.54. The number of hydrogen-bond acceptors (Lipinski definition) is 3. The minimum absolute atomic E-state index is 0.335. The first kappa shape index (κ1) is 11.6. The van der Waals surface area contributed by atoms with Gasteiger partial charge in [0.2, 0.25) is 0 Å². The molecule has 0 unspecified atom stereocenters. The van der Waals surface area contributed by atoms with Gasteiger partial charge < -0.3 is 9.47 Å². The zero-order valence-corrected chi connectivity index (χ0v) is 9.03. The Kier molecular flexibility index (Phi) is 4.71. The summed E-state index contributed by atoms with van der Waals surface area (Å²) in [6.07, 6.45) is 2.40. The third-order valence-corrected chi connectivity index (χ3v) is 1.93. The number of carbonyl (C=O) groups excluding carboxylic acids is 1. The van der Waals surface area contributed by atoms with Crippen molar-refractivity contribution in [2.24, 2.45) is 0 Å². The predicted molar refractivity (Wildman–Crippen MR) is 58.9 cm³/mol. The SMILES string of the molecule is COc1ccc(C=O)cc1OC/C=C/Cl. The van der Waals surface area contributed by atoms with Crippen LogP contribution in [0.15, 0.2) is 29.8 Å². The molecule has 0 aliphatic carbocycles. The first-order valence-electron chi connectivity index (χ1n) is 4.33. The monoisotopic (exact) mass is 226 g/mol. The molecular weight excluding hydrogens is 216 g/mol. The quantitative estimate of drug-likeness (QED) is 0.724. The van der Waals surface area contributed by atoms with Crippen LogP contribution < -0.4 is 9.47 Å². The highest BCUT2D eigenvalue weighted by molar-refractivity contribution is 6.25. The highest BCUT2D eigenvalue weighted by Crippen LogP contribution is 2.27. The Hall–Kier alpha value is -1.48. The van der Waals surface area contributed by atoms with Gasteiger partial charge in [-0.2, -0.15) is 0 Å². The van der Waals surface area contributed by atoms with Crippen LogP contribution >= 0.6 is 11.6 Å². The Balaban J connectivity index is 2.85. The van der Waals surface area contributed by atoms with Gasteiger partial charge in [-0.05, 0) is 24.3 Å². The lowest BCUT2D eigenvalue weighted by Gasteiger charge is -2.09. The van der Waals surface area contributed by atoms with Crippen molar-refractivity contribution in [2.45, 2.75) is 0 Å². The van der Waals surface area contributed by atoms with Crippen molar-refractivity contribution in [2.75, 3.05) is 13.7 Å². The topological polar surface area (TPSA) is 35.5 Å². The third-order valence-electron chi connectivity index (χ3n) is 1.75. The minimum Gasteiger partial charge on any atom is -0.493 e. The van der Waals surface area contributed by atoms with E-state index in [0.29, 0.717) is 23.7 Å². The number of carbonyl (C=O) groups is 1. The van der Waals surface area contributed by atoms with Crippen LogP contribution in [0.25, 0.3) is 0 Å². The van der Waals surface area contributed by atoms with Crippen LogP contribution in [0.4, 0.5) is 0 Å². The van der Waals surface area contributed by atoms with E-state index in [0.717, 1.165) is 6.29 Å². The third kappa shape index (κ3) is 3.29. The average Bonchev–Trinajstić information content (AvgIpc) is 2.29. The number of rotatable bonds is 5. The van der Waals surface area contributed by atoms with Crippen molar-refractivity contribution >= 4 is 17.9 Å². The van der Waals surface area contributed by atoms with E-state index in [2.05, 4.69) is 0 Å². The Labute approximate surface area is 93.3 Å². The molecule has 1 rings (SSSR count). The minimum atomic E-state index is 0.335. The molecule has 0 fully saturated rings. The Morgan fingerprint density at radius 1 is 1.40 bits per heavy atom. The zero-order valence-electron chi connectivity index (χ0n) is 8.27. The van der Waals surface area contributed by atoms with Gasteiger partial charge in [0.15, 0.2) is 11.5 Å². The number of hydrogen-bond donors (Lipinski definition) is 0. The molecule has 0 N–H and O–H groups in total. The van der Waals surface area contributed by atoms with Gasteiger partial charge in [0.05, 0.1) is 7.11 Å². The molecule has 0 saturated carbocycles. The fourth-order valence-electron chi connectivity index (χ4n) is 1.05. The average molecular weight is 227 g/mol. The van der Waals surface area contributed by atoms with Gasteiger partial charge >= 0.3 is 0 Å². The lowest BCUT2D eigenvalue weighted by atomic mass is 10.2. The smallest absolute Gasteiger partial charge is 0.162 e.